The second-order valence-electron chi connectivity index (χ2n) is 3.22. The van der Waals surface area contributed by atoms with Crippen molar-refractivity contribution in [2.45, 2.75) is 0 Å². The Morgan fingerprint density at radius 1 is 1.19 bits per heavy atom. The lowest BCUT2D eigenvalue weighted by atomic mass is 10.3. The average molecular weight is 214 g/mol. The first kappa shape index (κ1) is 10.2. The molecule has 1 aromatic heterocycles. The smallest absolute Gasteiger partial charge is 0.274 e. The minimum Gasteiger partial charge on any atom is -0.508 e. The second-order valence-corrected chi connectivity index (χ2v) is 3.22. The van der Waals surface area contributed by atoms with Crippen LogP contribution in [0.5, 0.6) is 5.75 Å². The van der Waals surface area contributed by atoms with Crippen LogP contribution in [-0.2, 0) is 0 Å². The molecule has 1 amide bonds. The summed E-state index contributed by atoms with van der Waals surface area (Å²) in [6.07, 6.45) is 1.55. The quantitative estimate of drug-likeness (QED) is 0.804. The van der Waals surface area contributed by atoms with Gasteiger partial charge in [0.2, 0.25) is 0 Å². The predicted molar refractivity (Wildman–Crippen MR) is 60.3 cm³/mol. The van der Waals surface area contributed by atoms with Gasteiger partial charge in [-0.25, -0.2) is 0 Å². The van der Waals surface area contributed by atoms with Crippen LogP contribution in [-0.4, -0.2) is 16.0 Å². The first-order chi connectivity index (χ1) is 7.75. The predicted octanol–water partition coefficient (Wildman–Crippen LogP) is 2.04. The fourth-order valence-corrected chi connectivity index (χ4v) is 1.28. The molecule has 0 fully saturated rings. The Labute approximate surface area is 92.6 Å². The Morgan fingerprint density at radius 3 is 2.75 bits per heavy atom. The molecule has 2 rings (SSSR count). The van der Waals surface area contributed by atoms with Crippen LogP contribution in [0.4, 0.5) is 5.69 Å². The van der Waals surface area contributed by atoms with Gasteiger partial charge in [0.25, 0.3) is 5.91 Å². The average Bonchev–Trinajstić information content (AvgIpc) is 2.30. The van der Waals surface area contributed by atoms with Gasteiger partial charge in [0.05, 0.1) is 0 Å². The number of aromatic hydroxyl groups is 1. The molecule has 0 aliphatic carbocycles. The van der Waals surface area contributed by atoms with Gasteiger partial charge in [0, 0.05) is 18.0 Å². The lowest BCUT2D eigenvalue weighted by Crippen LogP contribution is -2.13. The van der Waals surface area contributed by atoms with Gasteiger partial charge in [0.1, 0.15) is 11.4 Å². The molecule has 0 atom stereocenters. The van der Waals surface area contributed by atoms with Crippen LogP contribution in [0.15, 0.2) is 48.7 Å². The van der Waals surface area contributed by atoms with Crippen molar-refractivity contribution in [2.24, 2.45) is 0 Å². The molecule has 0 aliphatic rings. The minimum atomic E-state index is -0.300. The molecule has 80 valence electrons. The molecule has 4 heteroatoms. The zero-order chi connectivity index (χ0) is 11.4. The maximum atomic E-state index is 11.7. The van der Waals surface area contributed by atoms with Crippen LogP contribution in [0.2, 0.25) is 0 Å². The van der Waals surface area contributed by atoms with E-state index in [-0.39, 0.29) is 11.7 Å². The summed E-state index contributed by atoms with van der Waals surface area (Å²) in [5.74, 6) is -0.190. The van der Waals surface area contributed by atoms with Gasteiger partial charge in [-0.05, 0) is 24.3 Å². The van der Waals surface area contributed by atoms with Crippen molar-refractivity contribution in [3.63, 3.8) is 0 Å². The molecule has 4 nitrogen and oxygen atoms in total. The standard InChI is InChI=1S/C12H10N2O2/c15-10-5-3-4-9(8-10)14-12(16)11-6-1-2-7-13-11/h1-8,15H,(H,14,16). The molecule has 0 bridgehead atoms. The van der Waals surface area contributed by atoms with Crippen molar-refractivity contribution in [2.75, 3.05) is 5.32 Å². The highest BCUT2D eigenvalue weighted by Gasteiger charge is 2.06. The molecule has 2 N–H and O–H groups in total. The Bertz CT molecular complexity index is 497. The number of hydrogen-bond acceptors (Lipinski definition) is 3. The fourth-order valence-electron chi connectivity index (χ4n) is 1.28. The van der Waals surface area contributed by atoms with Crippen molar-refractivity contribution < 1.29 is 9.90 Å². The molecule has 0 aliphatic heterocycles. The van der Waals surface area contributed by atoms with E-state index in [9.17, 15) is 9.90 Å². The summed E-state index contributed by atoms with van der Waals surface area (Å²) in [6, 6.07) is 11.5. The lowest BCUT2D eigenvalue weighted by Gasteiger charge is -2.04. The number of nitrogens with zero attached hydrogens (tertiary/aromatic N) is 1. The zero-order valence-electron chi connectivity index (χ0n) is 8.42. The summed E-state index contributed by atoms with van der Waals surface area (Å²) >= 11 is 0. The third-order valence-corrected chi connectivity index (χ3v) is 2.00. The van der Waals surface area contributed by atoms with Crippen LogP contribution in [0.25, 0.3) is 0 Å². The number of rotatable bonds is 2. The number of pyridine rings is 1. The number of benzene rings is 1. The number of aromatic nitrogens is 1. The highest BCUT2D eigenvalue weighted by molar-refractivity contribution is 6.02. The summed E-state index contributed by atoms with van der Waals surface area (Å²) in [5.41, 5.74) is 0.876. The van der Waals surface area contributed by atoms with Gasteiger partial charge < -0.3 is 10.4 Å². The number of phenolic OH excluding ortho intramolecular Hbond substituents is 1. The maximum absolute atomic E-state index is 11.7. The van der Waals surface area contributed by atoms with E-state index < -0.39 is 0 Å². The number of anilines is 1. The molecule has 1 aromatic carbocycles. The Hall–Kier alpha value is -2.36. The molecular formula is C12H10N2O2. The molecule has 16 heavy (non-hydrogen) atoms. The van der Waals surface area contributed by atoms with E-state index >= 15 is 0 Å². The van der Waals surface area contributed by atoms with Crippen molar-refractivity contribution >= 4 is 11.6 Å². The first-order valence-electron chi connectivity index (χ1n) is 4.77. The second kappa shape index (κ2) is 4.44. The largest absolute Gasteiger partial charge is 0.508 e. The number of phenols is 1. The SMILES string of the molecule is O=C(Nc1cccc(O)c1)c1ccccn1. The van der Waals surface area contributed by atoms with Crippen LogP contribution >= 0.6 is 0 Å². The van der Waals surface area contributed by atoms with E-state index in [1.54, 1.807) is 36.5 Å². The Kier molecular flexibility index (Phi) is 2.82. The van der Waals surface area contributed by atoms with Gasteiger partial charge >= 0.3 is 0 Å². The molecule has 0 radical (unpaired) electrons. The van der Waals surface area contributed by atoms with E-state index in [0.717, 1.165) is 0 Å². The van der Waals surface area contributed by atoms with Gasteiger partial charge in [-0.1, -0.05) is 12.1 Å². The molecular weight excluding hydrogens is 204 g/mol. The van der Waals surface area contributed by atoms with Crippen molar-refractivity contribution in [3.05, 3.63) is 54.4 Å². The van der Waals surface area contributed by atoms with E-state index in [1.165, 1.54) is 12.1 Å². The summed E-state index contributed by atoms with van der Waals surface area (Å²) in [4.78, 5) is 15.6. The fraction of sp³-hybridized carbons (Fsp3) is 0. The van der Waals surface area contributed by atoms with Crippen LogP contribution in [0.1, 0.15) is 10.5 Å². The maximum Gasteiger partial charge on any atom is 0.274 e. The molecule has 0 saturated heterocycles. The molecule has 0 saturated carbocycles. The highest BCUT2D eigenvalue weighted by Crippen LogP contribution is 2.15. The van der Waals surface area contributed by atoms with Gasteiger partial charge in [-0.2, -0.15) is 0 Å². The summed E-state index contributed by atoms with van der Waals surface area (Å²) < 4.78 is 0. The molecule has 2 aromatic rings. The van der Waals surface area contributed by atoms with E-state index in [0.29, 0.717) is 11.4 Å². The van der Waals surface area contributed by atoms with Crippen molar-refractivity contribution in [3.8, 4) is 5.75 Å². The van der Waals surface area contributed by atoms with Crippen molar-refractivity contribution in [1.82, 2.24) is 4.98 Å². The zero-order valence-corrected chi connectivity index (χ0v) is 8.42. The van der Waals surface area contributed by atoms with Crippen LogP contribution in [0.3, 0.4) is 0 Å². The first-order valence-corrected chi connectivity index (χ1v) is 4.77. The highest BCUT2D eigenvalue weighted by atomic mass is 16.3. The number of carbonyl (C=O) groups is 1. The topological polar surface area (TPSA) is 62.2 Å². The number of amides is 1. The molecule has 0 unspecified atom stereocenters. The number of nitrogens with one attached hydrogen (secondary N) is 1. The normalized spacial score (nSPS) is 9.75. The molecule has 0 spiro atoms. The van der Waals surface area contributed by atoms with E-state index in [1.807, 2.05) is 0 Å². The Morgan fingerprint density at radius 2 is 2.06 bits per heavy atom. The third-order valence-electron chi connectivity index (χ3n) is 2.00. The summed E-state index contributed by atoms with van der Waals surface area (Å²) in [7, 11) is 0. The third kappa shape index (κ3) is 2.36. The minimum absolute atomic E-state index is 0.110. The van der Waals surface area contributed by atoms with Gasteiger partial charge in [-0.3, -0.25) is 9.78 Å². The Balaban J connectivity index is 2.14. The number of hydrogen-bond donors (Lipinski definition) is 2. The van der Waals surface area contributed by atoms with Crippen LogP contribution < -0.4 is 5.32 Å². The van der Waals surface area contributed by atoms with Crippen molar-refractivity contribution in [1.29, 1.82) is 0 Å². The van der Waals surface area contributed by atoms with E-state index in [4.69, 9.17) is 0 Å². The van der Waals surface area contributed by atoms with Crippen LogP contribution in [0, 0.1) is 0 Å². The van der Waals surface area contributed by atoms with Gasteiger partial charge in [0.15, 0.2) is 0 Å². The number of carbonyl (C=O) groups excluding carboxylic acids is 1. The van der Waals surface area contributed by atoms with E-state index in [2.05, 4.69) is 10.3 Å². The molecule has 1 heterocycles. The summed E-state index contributed by atoms with van der Waals surface area (Å²) in [5, 5.41) is 11.9. The lowest BCUT2D eigenvalue weighted by molar-refractivity contribution is 0.102. The van der Waals surface area contributed by atoms with Gasteiger partial charge in [-0.15, -0.1) is 0 Å². The monoisotopic (exact) mass is 214 g/mol. The summed E-state index contributed by atoms with van der Waals surface area (Å²) in [6.45, 7) is 0.